The van der Waals surface area contributed by atoms with E-state index in [9.17, 15) is 4.79 Å². The molecule has 5 rings (SSSR count). The van der Waals surface area contributed by atoms with Crippen LogP contribution in [0, 0.1) is 29.1 Å². The van der Waals surface area contributed by atoms with Gasteiger partial charge in [0.1, 0.15) is 0 Å². The van der Waals surface area contributed by atoms with E-state index < -0.39 is 0 Å². The van der Waals surface area contributed by atoms with E-state index in [1.807, 2.05) is 31.2 Å². The zero-order valence-electron chi connectivity index (χ0n) is 16.7. The summed E-state index contributed by atoms with van der Waals surface area (Å²) >= 11 is 6.30. The number of nitrogens with one attached hydrogen (secondary N) is 1. The fourth-order valence-corrected chi connectivity index (χ4v) is 6.76. The molecule has 1 aromatic carbocycles. The lowest BCUT2D eigenvalue weighted by molar-refractivity contribution is -0.149. The highest BCUT2D eigenvalue weighted by Crippen LogP contribution is 2.57. The predicted octanol–water partition coefficient (Wildman–Crippen LogP) is 4.70. The molecule has 0 radical (unpaired) electrons. The van der Waals surface area contributed by atoms with Crippen molar-refractivity contribution >= 4 is 17.5 Å². The third kappa shape index (κ3) is 3.80. The molecule has 4 bridgehead atoms. The van der Waals surface area contributed by atoms with Crippen LogP contribution in [0.2, 0.25) is 5.02 Å². The highest BCUT2D eigenvalue weighted by Gasteiger charge is 2.54. The molecule has 1 amide bonds. The molecule has 0 spiro atoms. The molecule has 5 heteroatoms. The van der Waals surface area contributed by atoms with E-state index in [-0.39, 0.29) is 17.5 Å². The topological polar surface area (TPSA) is 56.1 Å². The molecule has 1 N–H and O–H groups in total. The largest absolute Gasteiger partial charge is 0.335 e. The molecule has 0 heterocycles. The van der Waals surface area contributed by atoms with Gasteiger partial charge in [-0.05, 0) is 74.8 Å². The van der Waals surface area contributed by atoms with Crippen LogP contribution >= 0.6 is 11.6 Å². The Kier molecular flexibility index (Phi) is 5.67. The Morgan fingerprint density at radius 1 is 1.25 bits per heavy atom. The number of hydrogen-bond acceptors (Lipinski definition) is 3. The average Bonchev–Trinajstić information content (AvgIpc) is 2.65. The van der Waals surface area contributed by atoms with Gasteiger partial charge in [0.15, 0.2) is 0 Å². The smallest absolute Gasteiger partial charge is 0.237 e. The Morgan fingerprint density at radius 3 is 2.43 bits per heavy atom. The molecular formula is C23H30ClN3O. The van der Waals surface area contributed by atoms with Crippen molar-refractivity contribution < 1.29 is 4.79 Å². The van der Waals surface area contributed by atoms with Gasteiger partial charge in [0.25, 0.3) is 0 Å². The van der Waals surface area contributed by atoms with Crippen LogP contribution in [0.4, 0.5) is 0 Å². The Morgan fingerprint density at radius 2 is 1.86 bits per heavy atom. The molecule has 1 atom stereocenters. The van der Waals surface area contributed by atoms with E-state index in [1.54, 1.807) is 0 Å². The SMILES string of the molecule is C[C@H](NCC(=O)N(CCC#N)C12CC3CC(CC(C3)C1)C2)c1ccccc1Cl. The summed E-state index contributed by atoms with van der Waals surface area (Å²) in [6.07, 6.45) is 7.86. The van der Waals surface area contributed by atoms with Gasteiger partial charge in [-0.1, -0.05) is 29.8 Å². The molecule has 1 aromatic rings. The summed E-state index contributed by atoms with van der Waals surface area (Å²) < 4.78 is 0. The first-order valence-corrected chi connectivity index (χ1v) is 11.0. The van der Waals surface area contributed by atoms with Crippen molar-refractivity contribution in [3.63, 3.8) is 0 Å². The number of carbonyl (C=O) groups excluding carboxylic acids is 1. The molecule has 4 aliphatic rings. The number of nitriles is 1. The van der Waals surface area contributed by atoms with Gasteiger partial charge >= 0.3 is 0 Å². The van der Waals surface area contributed by atoms with Crippen LogP contribution in [-0.2, 0) is 4.79 Å². The van der Waals surface area contributed by atoms with Crippen LogP contribution in [0.25, 0.3) is 0 Å². The fourth-order valence-electron chi connectivity index (χ4n) is 6.46. The van der Waals surface area contributed by atoms with Gasteiger partial charge in [-0.15, -0.1) is 0 Å². The second-order valence-electron chi connectivity index (χ2n) is 9.22. The number of hydrogen-bond donors (Lipinski definition) is 1. The minimum atomic E-state index is -0.00199. The van der Waals surface area contributed by atoms with Gasteiger partial charge in [-0.3, -0.25) is 4.79 Å². The molecule has 4 saturated carbocycles. The Balaban J connectivity index is 1.46. The quantitative estimate of drug-likeness (QED) is 0.722. The Hall–Kier alpha value is -1.57. The van der Waals surface area contributed by atoms with E-state index in [0.717, 1.165) is 47.6 Å². The number of halogens is 1. The van der Waals surface area contributed by atoms with E-state index in [4.69, 9.17) is 16.9 Å². The van der Waals surface area contributed by atoms with E-state index in [0.29, 0.717) is 19.5 Å². The molecule has 28 heavy (non-hydrogen) atoms. The zero-order chi connectivity index (χ0) is 19.7. The monoisotopic (exact) mass is 399 g/mol. The van der Waals surface area contributed by atoms with Gasteiger partial charge in [0, 0.05) is 23.1 Å². The molecule has 0 aromatic heterocycles. The highest BCUT2D eigenvalue weighted by atomic mass is 35.5. The van der Waals surface area contributed by atoms with Crippen LogP contribution in [-0.4, -0.2) is 29.4 Å². The second-order valence-corrected chi connectivity index (χ2v) is 9.63. The standard InChI is InChI=1S/C23H30ClN3O/c1-16(20-5-2-3-6-21(20)24)26-15-22(28)27(8-4-7-25)23-12-17-9-18(13-23)11-19(10-17)14-23/h2-3,5-6,16-19,26H,4,8-15H2,1H3/t16-,17?,18?,19?,23?/m0/s1. The van der Waals surface area contributed by atoms with Gasteiger partial charge in [-0.2, -0.15) is 5.26 Å². The number of rotatable bonds is 7. The van der Waals surface area contributed by atoms with E-state index in [2.05, 4.69) is 16.3 Å². The summed E-state index contributed by atoms with van der Waals surface area (Å²) in [5.41, 5.74) is 1.01. The van der Waals surface area contributed by atoms with Crippen molar-refractivity contribution in [1.29, 1.82) is 5.26 Å². The maximum atomic E-state index is 13.3. The number of carbonyl (C=O) groups is 1. The molecule has 150 valence electrons. The number of nitrogens with zero attached hydrogens (tertiary/aromatic N) is 2. The average molecular weight is 400 g/mol. The summed E-state index contributed by atoms with van der Waals surface area (Å²) in [7, 11) is 0. The van der Waals surface area contributed by atoms with Crippen molar-refractivity contribution in [2.24, 2.45) is 17.8 Å². The molecule has 4 nitrogen and oxygen atoms in total. The van der Waals surface area contributed by atoms with E-state index in [1.165, 1.54) is 19.3 Å². The lowest BCUT2D eigenvalue weighted by atomic mass is 9.52. The molecular weight excluding hydrogens is 370 g/mol. The molecule has 0 saturated heterocycles. The van der Waals surface area contributed by atoms with Crippen molar-refractivity contribution in [3.8, 4) is 6.07 Å². The summed E-state index contributed by atoms with van der Waals surface area (Å²) in [6.45, 7) is 2.89. The Bertz CT molecular complexity index is 736. The fraction of sp³-hybridized carbons (Fsp3) is 0.652. The van der Waals surface area contributed by atoms with Crippen LogP contribution in [0.5, 0.6) is 0 Å². The molecule has 4 fully saturated rings. The van der Waals surface area contributed by atoms with Crippen LogP contribution < -0.4 is 5.32 Å². The molecule has 4 aliphatic carbocycles. The van der Waals surface area contributed by atoms with E-state index >= 15 is 0 Å². The lowest BCUT2D eigenvalue weighted by Crippen LogP contribution is -2.62. The van der Waals surface area contributed by atoms with Gasteiger partial charge in [-0.25, -0.2) is 0 Å². The van der Waals surface area contributed by atoms with Crippen molar-refractivity contribution in [1.82, 2.24) is 10.2 Å². The molecule has 0 aliphatic heterocycles. The second kappa shape index (κ2) is 8.05. The highest BCUT2D eigenvalue weighted by molar-refractivity contribution is 6.31. The number of benzene rings is 1. The summed E-state index contributed by atoms with van der Waals surface area (Å²) in [5.74, 6) is 2.46. The predicted molar refractivity (Wildman–Crippen MR) is 111 cm³/mol. The molecule has 0 unspecified atom stereocenters. The Labute approximate surface area is 173 Å². The minimum absolute atomic E-state index is 0.00199. The first kappa shape index (κ1) is 19.7. The van der Waals surface area contributed by atoms with Gasteiger partial charge in [0.05, 0.1) is 19.0 Å². The van der Waals surface area contributed by atoms with Gasteiger partial charge in [0.2, 0.25) is 5.91 Å². The number of amides is 1. The maximum absolute atomic E-state index is 13.3. The zero-order valence-corrected chi connectivity index (χ0v) is 17.4. The van der Waals surface area contributed by atoms with Gasteiger partial charge < -0.3 is 10.2 Å². The first-order chi connectivity index (χ1) is 13.5. The summed E-state index contributed by atoms with van der Waals surface area (Å²) in [6, 6.07) is 10.0. The normalized spacial score (nSPS) is 31.4. The van der Waals surface area contributed by atoms with Crippen LogP contribution in [0.1, 0.15) is 63.5 Å². The summed E-state index contributed by atoms with van der Waals surface area (Å²) in [5, 5.41) is 13.2. The third-order valence-electron chi connectivity index (χ3n) is 7.26. The minimum Gasteiger partial charge on any atom is -0.335 e. The lowest BCUT2D eigenvalue weighted by Gasteiger charge is -2.60. The van der Waals surface area contributed by atoms with Crippen molar-refractivity contribution in [2.45, 2.75) is 63.5 Å². The summed E-state index contributed by atoms with van der Waals surface area (Å²) in [4.78, 5) is 15.4. The van der Waals surface area contributed by atoms with Crippen molar-refractivity contribution in [3.05, 3.63) is 34.9 Å². The first-order valence-electron chi connectivity index (χ1n) is 10.7. The van der Waals surface area contributed by atoms with Crippen LogP contribution in [0.15, 0.2) is 24.3 Å². The maximum Gasteiger partial charge on any atom is 0.237 e. The van der Waals surface area contributed by atoms with Crippen LogP contribution in [0.3, 0.4) is 0 Å². The third-order valence-corrected chi connectivity index (χ3v) is 7.60. The van der Waals surface area contributed by atoms with Crippen molar-refractivity contribution in [2.75, 3.05) is 13.1 Å².